The van der Waals surface area contributed by atoms with E-state index in [1.54, 1.807) is 0 Å². The van der Waals surface area contributed by atoms with Gasteiger partial charge in [0.25, 0.3) is 10.1 Å². The number of benzene rings is 1. The van der Waals surface area contributed by atoms with Crippen molar-refractivity contribution in [1.29, 1.82) is 5.39 Å². The van der Waals surface area contributed by atoms with E-state index in [2.05, 4.69) is 4.98 Å². The monoisotopic (exact) mass is 284 g/mol. The molecule has 0 amide bonds. The third-order valence-corrected chi connectivity index (χ3v) is 2.96. The molecule has 0 radical (unpaired) electrons. The molecular weight excluding hydrogens is 279 g/mol. The van der Waals surface area contributed by atoms with Gasteiger partial charge in [0.2, 0.25) is 11.1 Å². The van der Waals surface area contributed by atoms with Crippen molar-refractivity contribution < 1.29 is 30.1 Å². The summed E-state index contributed by atoms with van der Waals surface area (Å²) in [6.07, 6.45) is 0. The molecule has 16 heavy (non-hydrogen) atoms. The van der Waals surface area contributed by atoms with E-state index in [1.807, 2.05) is 0 Å². The van der Waals surface area contributed by atoms with Crippen LogP contribution in [-0.4, -0.2) is 20.1 Å². The molecule has 0 bridgehead atoms. The average Bonchev–Trinajstić information content (AvgIpc) is 2.15. The molecule has 0 spiro atoms. The van der Waals surface area contributed by atoms with Crippen LogP contribution in [0.15, 0.2) is 17.0 Å². The van der Waals surface area contributed by atoms with Gasteiger partial charge in [-0.15, -0.1) is 0 Å². The zero-order valence-corrected chi connectivity index (χ0v) is 10.2. The van der Waals surface area contributed by atoms with E-state index in [4.69, 9.17) is 26.3 Å². The Balaban J connectivity index is 0.00000225. The molecule has 9 heteroatoms. The van der Waals surface area contributed by atoms with E-state index in [1.165, 1.54) is 12.1 Å². The Hall–Kier alpha value is -1.07. The van der Waals surface area contributed by atoms with Crippen molar-refractivity contribution in [3.05, 3.63) is 22.1 Å². The van der Waals surface area contributed by atoms with Gasteiger partial charge >= 0.3 is 5.69 Å². The lowest BCUT2D eigenvalue weighted by Crippen LogP contribution is -3.00. The quantitative estimate of drug-likeness (QED) is 0.560. The molecule has 0 fully saturated rings. The molecular formula is C7H6Cl2N2O4S. The summed E-state index contributed by atoms with van der Waals surface area (Å²) in [7, 11) is -3.38. The van der Waals surface area contributed by atoms with E-state index in [-0.39, 0.29) is 28.9 Å². The molecule has 0 saturated heterocycles. The lowest BCUT2D eigenvalue weighted by Gasteiger charge is -2.04. The lowest BCUT2D eigenvalue weighted by molar-refractivity contribution is -0.00000780. The fourth-order valence-electron chi connectivity index (χ4n) is 1.04. The number of diazo groups is 1. The Morgan fingerprint density at radius 1 is 1.50 bits per heavy atom. The predicted octanol–water partition coefficient (Wildman–Crippen LogP) is -0.916. The number of hydrogen-bond acceptors (Lipinski definition) is 4. The summed E-state index contributed by atoms with van der Waals surface area (Å²) in [4.78, 5) is 2.17. The highest BCUT2D eigenvalue weighted by molar-refractivity contribution is 7.86. The van der Waals surface area contributed by atoms with Gasteiger partial charge in [0.05, 0.1) is 12.1 Å². The van der Waals surface area contributed by atoms with Crippen LogP contribution in [0.5, 0.6) is 5.75 Å². The molecule has 0 aromatic heterocycles. The highest BCUT2D eigenvalue weighted by Crippen LogP contribution is 2.38. The zero-order chi connectivity index (χ0) is 11.6. The largest absolute Gasteiger partial charge is 1.00 e. The molecule has 0 aliphatic carbocycles. The third-order valence-electron chi connectivity index (χ3n) is 1.61. The summed E-state index contributed by atoms with van der Waals surface area (Å²) in [5, 5.41) is 8.34. The van der Waals surface area contributed by atoms with Gasteiger partial charge < -0.3 is 17.1 Å². The Labute approximate surface area is 103 Å². The van der Waals surface area contributed by atoms with E-state index in [0.29, 0.717) is 0 Å². The highest BCUT2D eigenvalue weighted by Gasteiger charge is 2.29. The van der Waals surface area contributed by atoms with Crippen molar-refractivity contribution in [2.45, 2.75) is 4.90 Å². The van der Waals surface area contributed by atoms with Crippen LogP contribution in [0.25, 0.3) is 4.98 Å². The summed E-state index contributed by atoms with van der Waals surface area (Å²) in [6.45, 7) is 0. The smallest absolute Gasteiger partial charge is 0.427 e. The van der Waals surface area contributed by atoms with Crippen LogP contribution in [0.2, 0.25) is 5.02 Å². The lowest BCUT2D eigenvalue weighted by atomic mass is 10.3. The minimum atomic E-state index is -4.54. The van der Waals surface area contributed by atoms with E-state index < -0.39 is 15.0 Å². The second-order valence-electron chi connectivity index (χ2n) is 2.50. The van der Waals surface area contributed by atoms with Crippen molar-refractivity contribution in [3.8, 4) is 5.75 Å². The van der Waals surface area contributed by atoms with E-state index in [0.717, 1.165) is 7.11 Å². The number of hydrogen-bond donors (Lipinski definition) is 1. The van der Waals surface area contributed by atoms with Gasteiger partial charge in [0.1, 0.15) is 0 Å². The van der Waals surface area contributed by atoms with Gasteiger partial charge in [-0.1, -0.05) is 11.6 Å². The van der Waals surface area contributed by atoms with Crippen LogP contribution in [0.1, 0.15) is 0 Å². The molecule has 0 saturated carbocycles. The number of ether oxygens (including phenoxy) is 1. The van der Waals surface area contributed by atoms with Crippen LogP contribution in [0, 0.1) is 5.39 Å². The topological polar surface area (TPSA) is 91.8 Å². The van der Waals surface area contributed by atoms with Gasteiger partial charge in [-0.3, -0.25) is 4.55 Å². The Kier molecular flexibility index (Phi) is 4.96. The maximum Gasteiger partial charge on any atom is 0.427 e. The number of rotatable bonds is 2. The Morgan fingerprint density at radius 2 is 2.06 bits per heavy atom. The first kappa shape index (κ1) is 14.9. The average molecular weight is 285 g/mol. The number of halogens is 2. The second kappa shape index (κ2) is 5.32. The van der Waals surface area contributed by atoms with E-state index >= 15 is 0 Å². The molecule has 0 unspecified atom stereocenters. The van der Waals surface area contributed by atoms with Crippen LogP contribution in [0.3, 0.4) is 0 Å². The maximum absolute atomic E-state index is 11.0. The van der Waals surface area contributed by atoms with Crippen molar-refractivity contribution in [1.82, 2.24) is 0 Å². The molecule has 1 aromatic rings. The van der Waals surface area contributed by atoms with Crippen LogP contribution in [0.4, 0.5) is 5.69 Å². The second-order valence-corrected chi connectivity index (χ2v) is 4.27. The SMILES string of the molecule is COc1c([N+]#N)ccc(Cl)c1S(=O)(=O)O.[Cl-]. The van der Waals surface area contributed by atoms with E-state index in [9.17, 15) is 8.42 Å². The molecule has 6 nitrogen and oxygen atoms in total. The third kappa shape index (κ3) is 2.74. The number of nitrogens with zero attached hydrogens (tertiary/aromatic N) is 2. The Morgan fingerprint density at radius 3 is 2.44 bits per heavy atom. The molecule has 1 N–H and O–H groups in total. The molecule has 1 aromatic carbocycles. The molecule has 1 rings (SSSR count). The minimum Gasteiger partial charge on any atom is -1.00 e. The standard InChI is InChI=1S/C7H5ClN2O4S.ClH/c1-14-6-5(10-9)3-2-4(8)7(6)15(11,12)13;/h2-3H,1H3;1H. The highest BCUT2D eigenvalue weighted by atomic mass is 35.5. The summed E-state index contributed by atoms with van der Waals surface area (Å²) >= 11 is 5.58. The van der Waals surface area contributed by atoms with Crippen LogP contribution in [-0.2, 0) is 10.1 Å². The maximum atomic E-state index is 11.0. The van der Waals surface area contributed by atoms with Gasteiger partial charge in [-0.2, -0.15) is 8.42 Å². The van der Waals surface area contributed by atoms with Crippen LogP contribution >= 0.6 is 11.6 Å². The molecule has 0 atom stereocenters. The Bertz CT molecular complexity index is 538. The van der Waals surface area contributed by atoms with Gasteiger partial charge in [0, 0.05) is 6.07 Å². The first-order valence-electron chi connectivity index (χ1n) is 3.61. The number of methoxy groups -OCH3 is 1. The van der Waals surface area contributed by atoms with Crippen molar-refractivity contribution in [3.63, 3.8) is 0 Å². The minimum absolute atomic E-state index is 0. The summed E-state index contributed by atoms with van der Waals surface area (Å²) in [5.41, 5.74) is -0.144. The van der Waals surface area contributed by atoms with Crippen molar-refractivity contribution >= 4 is 27.4 Å². The summed E-state index contributed by atoms with van der Waals surface area (Å²) in [6, 6.07) is 2.41. The molecule has 0 aliphatic heterocycles. The van der Waals surface area contributed by atoms with Crippen molar-refractivity contribution in [2.24, 2.45) is 0 Å². The van der Waals surface area contributed by atoms with Gasteiger partial charge in [0.15, 0.2) is 9.87 Å². The molecule has 0 aliphatic rings. The first-order chi connectivity index (χ1) is 6.91. The van der Waals surface area contributed by atoms with Crippen molar-refractivity contribution in [2.75, 3.05) is 7.11 Å². The fraction of sp³-hybridized carbons (Fsp3) is 0.143. The van der Waals surface area contributed by atoms with Gasteiger partial charge in [-0.05, 0) is 6.07 Å². The first-order valence-corrected chi connectivity index (χ1v) is 5.42. The summed E-state index contributed by atoms with van der Waals surface area (Å²) in [5.74, 6) is -0.312. The molecule has 88 valence electrons. The molecule has 0 heterocycles. The zero-order valence-electron chi connectivity index (χ0n) is 7.89. The summed E-state index contributed by atoms with van der Waals surface area (Å²) < 4.78 is 35.5. The van der Waals surface area contributed by atoms with Crippen LogP contribution < -0.4 is 17.1 Å². The normalized spacial score (nSPS) is 10.1. The fourth-order valence-corrected chi connectivity index (χ4v) is 2.22. The predicted molar refractivity (Wildman–Crippen MR) is 52.6 cm³/mol. The van der Waals surface area contributed by atoms with Gasteiger partial charge in [-0.25, -0.2) is 0 Å².